The first-order valence-electron chi connectivity index (χ1n) is 6.37. The van der Waals surface area contributed by atoms with Crippen LogP contribution in [0.15, 0.2) is 35.3 Å². The summed E-state index contributed by atoms with van der Waals surface area (Å²) in [5, 5.41) is 10.6. The van der Waals surface area contributed by atoms with Gasteiger partial charge in [-0.05, 0) is 25.1 Å². The number of hydrogen-bond donors (Lipinski definition) is 2. The number of aliphatic hydroxyl groups is 1. The molecule has 2 N–H and O–H groups in total. The third-order valence-corrected chi connectivity index (χ3v) is 3.10. The lowest BCUT2D eigenvalue weighted by Crippen LogP contribution is -2.16. The minimum Gasteiger partial charge on any atom is -0.507 e. The maximum absolute atomic E-state index is 12.3. The van der Waals surface area contributed by atoms with E-state index in [1.807, 2.05) is 0 Å². The Morgan fingerprint density at radius 2 is 2.14 bits per heavy atom. The highest BCUT2D eigenvalue weighted by molar-refractivity contribution is 6.39. The molecule has 1 aromatic heterocycles. The molecule has 2 rings (SSSR count). The van der Waals surface area contributed by atoms with Crippen molar-refractivity contribution in [2.75, 3.05) is 6.61 Å². The van der Waals surface area contributed by atoms with Crippen molar-refractivity contribution in [2.24, 2.45) is 0 Å². The van der Waals surface area contributed by atoms with E-state index in [0.29, 0.717) is 22.0 Å². The fraction of sp³-hybridized carbons (Fsp3) is 0.133. The largest absolute Gasteiger partial charge is 0.507 e. The van der Waals surface area contributed by atoms with Crippen LogP contribution in [0.2, 0.25) is 5.02 Å². The molecule has 0 aliphatic carbocycles. The lowest BCUT2D eigenvalue weighted by Gasteiger charge is -2.03. The first-order chi connectivity index (χ1) is 10.4. The van der Waals surface area contributed by atoms with E-state index in [9.17, 15) is 19.5 Å². The van der Waals surface area contributed by atoms with E-state index in [2.05, 4.69) is 9.72 Å². The quantitative estimate of drug-likeness (QED) is 0.389. The Morgan fingerprint density at radius 1 is 1.41 bits per heavy atom. The molecule has 2 aromatic rings. The van der Waals surface area contributed by atoms with Gasteiger partial charge in [-0.25, -0.2) is 4.79 Å². The Kier molecular flexibility index (Phi) is 4.62. The predicted molar refractivity (Wildman–Crippen MR) is 81.8 cm³/mol. The Hall–Kier alpha value is -2.60. The second-order valence-electron chi connectivity index (χ2n) is 4.34. The first kappa shape index (κ1) is 15.8. The van der Waals surface area contributed by atoms with Gasteiger partial charge >= 0.3 is 5.97 Å². The molecule has 0 bridgehead atoms. The number of pyridine rings is 1. The summed E-state index contributed by atoms with van der Waals surface area (Å²) in [6.45, 7) is 1.59. The zero-order valence-electron chi connectivity index (χ0n) is 11.6. The van der Waals surface area contributed by atoms with E-state index < -0.39 is 22.9 Å². The molecule has 6 nitrogen and oxygen atoms in total. The SMILES string of the molecule is CCOC(=O)C(=O)/C=C(\O)c1c[nH]c2cc(Cl)ccc2c1=O. The van der Waals surface area contributed by atoms with Crippen LogP contribution in [0.25, 0.3) is 16.7 Å². The molecule has 0 aliphatic rings. The number of esters is 1. The summed E-state index contributed by atoms with van der Waals surface area (Å²) < 4.78 is 4.51. The molecule has 0 radical (unpaired) electrons. The number of nitrogens with one attached hydrogen (secondary N) is 1. The second-order valence-corrected chi connectivity index (χ2v) is 4.77. The monoisotopic (exact) mass is 321 g/mol. The molecule has 1 aromatic carbocycles. The Bertz CT molecular complexity index is 837. The molecule has 0 fully saturated rings. The van der Waals surface area contributed by atoms with Crippen LogP contribution in [0.5, 0.6) is 0 Å². The van der Waals surface area contributed by atoms with E-state index in [1.54, 1.807) is 13.0 Å². The zero-order valence-corrected chi connectivity index (χ0v) is 12.3. The van der Waals surface area contributed by atoms with E-state index in [1.165, 1.54) is 18.3 Å². The van der Waals surface area contributed by atoms with Crippen molar-refractivity contribution in [3.63, 3.8) is 0 Å². The van der Waals surface area contributed by atoms with Crippen molar-refractivity contribution in [1.29, 1.82) is 0 Å². The van der Waals surface area contributed by atoms with Crippen molar-refractivity contribution in [1.82, 2.24) is 4.98 Å². The van der Waals surface area contributed by atoms with Gasteiger partial charge in [-0.15, -0.1) is 0 Å². The molecular formula is C15H12ClNO5. The van der Waals surface area contributed by atoms with Gasteiger partial charge in [0.25, 0.3) is 5.78 Å². The number of carbonyl (C=O) groups is 2. The van der Waals surface area contributed by atoms with Gasteiger partial charge in [0.05, 0.1) is 17.7 Å². The number of halogens is 1. The summed E-state index contributed by atoms with van der Waals surface area (Å²) in [5.74, 6) is -2.76. The van der Waals surface area contributed by atoms with Crippen LogP contribution in [0.1, 0.15) is 12.5 Å². The maximum atomic E-state index is 12.3. The van der Waals surface area contributed by atoms with Crippen molar-refractivity contribution < 1.29 is 19.4 Å². The second kappa shape index (κ2) is 6.44. The van der Waals surface area contributed by atoms with Gasteiger partial charge in [0.2, 0.25) is 0 Å². The third kappa shape index (κ3) is 3.17. The van der Waals surface area contributed by atoms with Crippen molar-refractivity contribution in [2.45, 2.75) is 6.92 Å². The summed E-state index contributed by atoms with van der Waals surface area (Å²) in [4.78, 5) is 37.8. The lowest BCUT2D eigenvalue weighted by molar-refractivity contribution is -0.151. The Labute approximate surface area is 130 Å². The predicted octanol–water partition coefficient (Wildman–Crippen LogP) is 2.21. The molecular weight excluding hydrogens is 310 g/mol. The van der Waals surface area contributed by atoms with Gasteiger partial charge in [-0.2, -0.15) is 0 Å². The Morgan fingerprint density at radius 3 is 2.82 bits per heavy atom. The third-order valence-electron chi connectivity index (χ3n) is 2.86. The fourth-order valence-electron chi connectivity index (χ4n) is 1.85. The van der Waals surface area contributed by atoms with Crippen LogP contribution >= 0.6 is 11.6 Å². The average Bonchev–Trinajstić information content (AvgIpc) is 2.47. The number of rotatable bonds is 4. The molecule has 22 heavy (non-hydrogen) atoms. The van der Waals surface area contributed by atoms with Crippen molar-refractivity contribution >= 4 is 40.0 Å². The number of aliphatic hydroxyl groups excluding tert-OH is 1. The number of benzene rings is 1. The molecule has 0 aliphatic heterocycles. The number of carbonyl (C=O) groups excluding carboxylic acids is 2. The van der Waals surface area contributed by atoms with E-state index in [0.717, 1.165) is 0 Å². The molecule has 0 saturated carbocycles. The summed E-state index contributed by atoms with van der Waals surface area (Å²) in [6, 6.07) is 4.60. The summed E-state index contributed by atoms with van der Waals surface area (Å²) in [5.41, 5.74) is -0.130. The number of H-pyrrole nitrogens is 1. The topological polar surface area (TPSA) is 96.5 Å². The number of aromatic nitrogens is 1. The maximum Gasteiger partial charge on any atom is 0.379 e. The highest BCUT2D eigenvalue weighted by Crippen LogP contribution is 2.17. The Balaban J connectivity index is 2.44. The van der Waals surface area contributed by atoms with Crippen LogP contribution in [0.3, 0.4) is 0 Å². The molecule has 7 heteroatoms. The number of aromatic amines is 1. The average molecular weight is 322 g/mol. The standard InChI is InChI=1S/C15H12ClNO5/c1-2-22-15(21)13(19)6-12(18)10-7-17-11-5-8(16)3-4-9(11)14(10)20/h3-7,18H,2H2,1H3,(H,17,20)/b12-6-. The number of ketones is 1. The van der Waals surface area contributed by atoms with Gasteiger partial charge in [0.1, 0.15) is 5.76 Å². The fourth-order valence-corrected chi connectivity index (χ4v) is 2.02. The first-order valence-corrected chi connectivity index (χ1v) is 6.75. The smallest absolute Gasteiger partial charge is 0.379 e. The normalized spacial score (nSPS) is 11.5. The van der Waals surface area contributed by atoms with E-state index in [4.69, 9.17) is 11.6 Å². The van der Waals surface area contributed by atoms with E-state index in [-0.39, 0.29) is 12.2 Å². The van der Waals surface area contributed by atoms with E-state index >= 15 is 0 Å². The molecule has 114 valence electrons. The van der Waals surface area contributed by atoms with Crippen molar-refractivity contribution in [3.05, 3.63) is 51.3 Å². The molecule has 1 heterocycles. The van der Waals surface area contributed by atoms with Crippen LogP contribution in [0.4, 0.5) is 0 Å². The van der Waals surface area contributed by atoms with Gasteiger partial charge < -0.3 is 14.8 Å². The van der Waals surface area contributed by atoms with Gasteiger partial charge in [-0.3, -0.25) is 9.59 Å². The molecule has 0 unspecified atom stereocenters. The van der Waals surface area contributed by atoms with Crippen LogP contribution < -0.4 is 5.43 Å². The number of hydrogen-bond acceptors (Lipinski definition) is 5. The zero-order chi connectivity index (χ0) is 16.3. The number of ether oxygens (including phenoxy) is 1. The lowest BCUT2D eigenvalue weighted by atomic mass is 10.1. The summed E-state index contributed by atoms with van der Waals surface area (Å²) >= 11 is 5.83. The minimum absolute atomic E-state index is 0.0382. The molecule has 0 amide bonds. The van der Waals surface area contributed by atoms with Gasteiger partial charge in [0.15, 0.2) is 5.43 Å². The molecule has 0 atom stereocenters. The van der Waals surface area contributed by atoms with Gasteiger partial charge in [0, 0.05) is 22.7 Å². The van der Waals surface area contributed by atoms with Crippen molar-refractivity contribution in [3.8, 4) is 0 Å². The minimum atomic E-state index is -1.10. The highest BCUT2D eigenvalue weighted by atomic mass is 35.5. The number of fused-ring (bicyclic) bond motifs is 1. The molecule has 0 spiro atoms. The van der Waals surface area contributed by atoms with Crippen LogP contribution in [0, 0.1) is 0 Å². The molecule has 0 saturated heterocycles. The van der Waals surface area contributed by atoms with Crippen LogP contribution in [-0.4, -0.2) is 28.4 Å². The summed E-state index contributed by atoms with van der Waals surface area (Å²) in [6.07, 6.45) is 1.90. The van der Waals surface area contributed by atoms with Gasteiger partial charge in [-0.1, -0.05) is 11.6 Å². The highest BCUT2D eigenvalue weighted by Gasteiger charge is 2.16. The summed E-state index contributed by atoms with van der Waals surface area (Å²) in [7, 11) is 0. The van der Waals surface area contributed by atoms with Crippen LogP contribution in [-0.2, 0) is 14.3 Å².